The Morgan fingerprint density at radius 3 is 2.81 bits per heavy atom. The molecule has 21 heavy (non-hydrogen) atoms. The molecule has 1 amide bonds. The molecule has 0 fully saturated rings. The van der Waals surface area contributed by atoms with Crippen molar-refractivity contribution in [3.8, 4) is 11.3 Å². The monoisotopic (exact) mass is 277 g/mol. The van der Waals surface area contributed by atoms with Crippen molar-refractivity contribution in [2.75, 3.05) is 6.54 Å². The van der Waals surface area contributed by atoms with E-state index in [0.29, 0.717) is 12.1 Å². The summed E-state index contributed by atoms with van der Waals surface area (Å²) in [5.74, 6) is -0.0979. The van der Waals surface area contributed by atoms with Gasteiger partial charge in [0.15, 0.2) is 0 Å². The smallest absolute Gasteiger partial charge is 0.252 e. The molecule has 0 aliphatic heterocycles. The highest BCUT2D eigenvalue weighted by molar-refractivity contribution is 5.94. The Hall–Kier alpha value is -2.75. The maximum Gasteiger partial charge on any atom is 0.252 e. The van der Waals surface area contributed by atoms with Crippen molar-refractivity contribution in [2.24, 2.45) is 0 Å². The molecular formula is C17H15N3O. The zero-order valence-corrected chi connectivity index (χ0v) is 11.7. The van der Waals surface area contributed by atoms with Gasteiger partial charge in [0.25, 0.3) is 5.91 Å². The molecule has 0 saturated heterocycles. The number of nitrogens with one attached hydrogen (secondary N) is 1. The number of pyridine rings is 2. The minimum absolute atomic E-state index is 0.0979. The molecule has 0 saturated carbocycles. The van der Waals surface area contributed by atoms with Gasteiger partial charge in [0.1, 0.15) is 0 Å². The summed E-state index contributed by atoms with van der Waals surface area (Å²) in [6.45, 7) is 2.50. The van der Waals surface area contributed by atoms with Crippen LogP contribution < -0.4 is 5.32 Å². The molecule has 2 aromatic heterocycles. The molecule has 1 aromatic carbocycles. The summed E-state index contributed by atoms with van der Waals surface area (Å²) in [6.07, 6.45) is 3.38. The molecule has 3 rings (SSSR count). The third-order valence-corrected chi connectivity index (χ3v) is 3.26. The van der Waals surface area contributed by atoms with E-state index in [4.69, 9.17) is 0 Å². The van der Waals surface area contributed by atoms with Gasteiger partial charge in [-0.3, -0.25) is 14.8 Å². The van der Waals surface area contributed by atoms with Crippen LogP contribution in [0.2, 0.25) is 0 Å². The second-order valence-corrected chi connectivity index (χ2v) is 4.70. The largest absolute Gasteiger partial charge is 0.352 e. The molecule has 3 aromatic rings. The van der Waals surface area contributed by atoms with Gasteiger partial charge in [-0.2, -0.15) is 0 Å². The molecular weight excluding hydrogens is 262 g/mol. The van der Waals surface area contributed by atoms with Gasteiger partial charge >= 0.3 is 0 Å². The van der Waals surface area contributed by atoms with Crippen LogP contribution in [0.15, 0.2) is 54.9 Å². The Labute approximate surface area is 122 Å². The highest BCUT2D eigenvalue weighted by atomic mass is 16.1. The summed E-state index contributed by atoms with van der Waals surface area (Å²) in [5.41, 5.74) is 3.38. The minimum Gasteiger partial charge on any atom is -0.352 e. The first-order valence-corrected chi connectivity index (χ1v) is 6.87. The van der Waals surface area contributed by atoms with Gasteiger partial charge < -0.3 is 5.32 Å². The summed E-state index contributed by atoms with van der Waals surface area (Å²) in [6, 6.07) is 13.6. The number of aromatic nitrogens is 2. The number of carbonyl (C=O) groups excluding carboxylic acids is 1. The lowest BCUT2D eigenvalue weighted by atomic mass is 10.1. The topological polar surface area (TPSA) is 54.9 Å². The van der Waals surface area contributed by atoms with E-state index < -0.39 is 0 Å². The van der Waals surface area contributed by atoms with Crippen molar-refractivity contribution in [3.05, 3.63) is 60.4 Å². The van der Waals surface area contributed by atoms with Crippen LogP contribution >= 0.6 is 0 Å². The van der Waals surface area contributed by atoms with Gasteiger partial charge in [-0.1, -0.05) is 12.1 Å². The first-order valence-electron chi connectivity index (χ1n) is 6.87. The Kier molecular flexibility index (Phi) is 3.60. The third kappa shape index (κ3) is 2.74. The molecule has 0 atom stereocenters. The highest BCUT2D eigenvalue weighted by Gasteiger charge is 2.06. The number of amides is 1. The van der Waals surface area contributed by atoms with Crippen LogP contribution in [0.3, 0.4) is 0 Å². The molecule has 0 radical (unpaired) electrons. The number of hydrogen-bond donors (Lipinski definition) is 1. The number of fused-ring (bicyclic) bond motifs is 1. The quantitative estimate of drug-likeness (QED) is 0.800. The molecule has 104 valence electrons. The fraction of sp³-hybridized carbons (Fsp3) is 0.118. The van der Waals surface area contributed by atoms with Crippen LogP contribution in [0.25, 0.3) is 22.2 Å². The van der Waals surface area contributed by atoms with E-state index in [2.05, 4.69) is 21.4 Å². The third-order valence-electron chi connectivity index (χ3n) is 3.26. The predicted molar refractivity (Wildman–Crippen MR) is 83.0 cm³/mol. The Bertz CT molecular complexity index is 781. The summed E-state index contributed by atoms with van der Waals surface area (Å²) in [5, 5.41) is 3.83. The number of benzene rings is 1. The average Bonchev–Trinajstić information content (AvgIpc) is 2.55. The Morgan fingerprint density at radius 1 is 1.14 bits per heavy atom. The number of nitrogens with zero attached hydrogens (tertiary/aromatic N) is 2. The second kappa shape index (κ2) is 5.71. The van der Waals surface area contributed by atoms with Crippen LogP contribution in [0.1, 0.15) is 17.3 Å². The van der Waals surface area contributed by atoms with Gasteiger partial charge in [0.05, 0.1) is 16.8 Å². The molecule has 0 spiro atoms. The SMILES string of the molecule is CCNC(=O)c1ccc(-c2ccc3ncccc3c2)nc1. The highest BCUT2D eigenvalue weighted by Crippen LogP contribution is 2.21. The van der Waals surface area contributed by atoms with Gasteiger partial charge in [-0.05, 0) is 37.3 Å². The molecule has 1 N–H and O–H groups in total. The van der Waals surface area contributed by atoms with Gasteiger partial charge in [0, 0.05) is 29.9 Å². The normalized spacial score (nSPS) is 10.5. The lowest BCUT2D eigenvalue weighted by Gasteiger charge is -2.05. The van der Waals surface area contributed by atoms with E-state index in [-0.39, 0.29) is 5.91 Å². The van der Waals surface area contributed by atoms with Crippen molar-refractivity contribution in [1.82, 2.24) is 15.3 Å². The van der Waals surface area contributed by atoms with Gasteiger partial charge in [-0.25, -0.2) is 0 Å². The molecule has 0 bridgehead atoms. The van der Waals surface area contributed by atoms with Crippen LogP contribution in [0, 0.1) is 0 Å². The molecule has 0 aliphatic rings. The molecule has 4 heteroatoms. The molecule has 2 heterocycles. The summed E-state index contributed by atoms with van der Waals surface area (Å²) in [4.78, 5) is 20.4. The van der Waals surface area contributed by atoms with Crippen molar-refractivity contribution in [2.45, 2.75) is 6.92 Å². The molecule has 0 aliphatic carbocycles. The van der Waals surface area contributed by atoms with E-state index in [1.54, 1.807) is 18.5 Å². The maximum atomic E-state index is 11.7. The van der Waals surface area contributed by atoms with Crippen molar-refractivity contribution in [3.63, 3.8) is 0 Å². The summed E-state index contributed by atoms with van der Waals surface area (Å²) >= 11 is 0. The van der Waals surface area contributed by atoms with E-state index in [0.717, 1.165) is 22.2 Å². The fourth-order valence-electron chi connectivity index (χ4n) is 2.20. The Balaban J connectivity index is 1.93. The zero-order valence-electron chi connectivity index (χ0n) is 11.7. The molecule has 0 unspecified atom stereocenters. The van der Waals surface area contributed by atoms with E-state index in [9.17, 15) is 4.79 Å². The number of rotatable bonds is 3. The second-order valence-electron chi connectivity index (χ2n) is 4.70. The van der Waals surface area contributed by atoms with E-state index >= 15 is 0 Å². The maximum absolute atomic E-state index is 11.7. The van der Waals surface area contributed by atoms with Gasteiger partial charge in [-0.15, -0.1) is 0 Å². The number of carbonyl (C=O) groups is 1. The fourth-order valence-corrected chi connectivity index (χ4v) is 2.20. The minimum atomic E-state index is -0.0979. The van der Waals surface area contributed by atoms with E-state index in [1.807, 2.05) is 37.3 Å². The van der Waals surface area contributed by atoms with Crippen LogP contribution in [0.5, 0.6) is 0 Å². The van der Waals surface area contributed by atoms with Gasteiger partial charge in [0.2, 0.25) is 0 Å². The van der Waals surface area contributed by atoms with E-state index in [1.165, 1.54) is 0 Å². The number of hydrogen-bond acceptors (Lipinski definition) is 3. The van der Waals surface area contributed by atoms with Crippen LogP contribution in [-0.4, -0.2) is 22.4 Å². The summed E-state index contributed by atoms with van der Waals surface area (Å²) in [7, 11) is 0. The summed E-state index contributed by atoms with van der Waals surface area (Å²) < 4.78 is 0. The van der Waals surface area contributed by atoms with Crippen molar-refractivity contribution >= 4 is 16.8 Å². The average molecular weight is 277 g/mol. The zero-order chi connectivity index (χ0) is 14.7. The van der Waals surface area contributed by atoms with Crippen molar-refractivity contribution in [1.29, 1.82) is 0 Å². The van der Waals surface area contributed by atoms with Crippen LogP contribution in [0.4, 0.5) is 0 Å². The standard InChI is InChI=1S/C17H15N3O/c1-2-18-17(21)14-6-8-16(20-11-14)13-5-7-15-12(10-13)4-3-9-19-15/h3-11H,2H2,1H3,(H,18,21). The first-order chi connectivity index (χ1) is 10.3. The Morgan fingerprint density at radius 2 is 2.05 bits per heavy atom. The lowest BCUT2D eigenvalue weighted by Crippen LogP contribution is -2.22. The predicted octanol–water partition coefficient (Wildman–Crippen LogP) is 3.05. The first kappa shape index (κ1) is 13.2. The lowest BCUT2D eigenvalue weighted by molar-refractivity contribution is 0.0955. The van der Waals surface area contributed by atoms with Crippen molar-refractivity contribution < 1.29 is 4.79 Å². The molecule has 4 nitrogen and oxygen atoms in total. The van der Waals surface area contributed by atoms with Crippen LogP contribution in [-0.2, 0) is 0 Å².